The van der Waals surface area contributed by atoms with Gasteiger partial charge in [0.1, 0.15) is 18.7 Å². The van der Waals surface area contributed by atoms with Crippen LogP contribution >= 0.6 is 11.6 Å². The molecule has 0 aliphatic heterocycles. The lowest BCUT2D eigenvalue weighted by Gasteiger charge is -2.08. The third-order valence-electron chi connectivity index (χ3n) is 2.39. The van der Waals surface area contributed by atoms with Gasteiger partial charge in [0.2, 0.25) is 0 Å². The van der Waals surface area contributed by atoms with Crippen LogP contribution in [0.4, 0.5) is 0 Å². The number of aromatic nitrogens is 3. The maximum Gasteiger partial charge on any atom is 0.164 e. The van der Waals surface area contributed by atoms with Gasteiger partial charge in [-0.15, -0.1) is 0 Å². The molecule has 1 aromatic carbocycles. The summed E-state index contributed by atoms with van der Waals surface area (Å²) in [5.74, 6) is 1.36. The van der Waals surface area contributed by atoms with Crippen LogP contribution in [0, 0.1) is 0 Å². The smallest absolute Gasteiger partial charge is 0.164 e. The molecule has 2 N–H and O–H groups in total. The molecule has 6 heteroatoms. The Bertz CT molecular complexity index is 512. The van der Waals surface area contributed by atoms with Crippen molar-refractivity contribution in [2.75, 3.05) is 0 Å². The number of aryl methyl sites for hydroxylation is 1. The Morgan fingerprint density at radius 3 is 2.88 bits per heavy atom. The van der Waals surface area contributed by atoms with Crippen molar-refractivity contribution in [3.63, 3.8) is 0 Å². The van der Waals surface area contributed by atoms with Crippen LogP contribution in [0.3, 0.4) is 0 Å². The first kappa shape index (κ1) is 11.9. The third-order valence-corrected chi connectivity index (χ3v) is 2.69. The maximum absolute atomic E-state index is 6.06. The van der Waals surface area contributed by atoms with Crippen LogP contribution in [-0.2, 0) is 20.2 Å². The molecule has 1 heterocycles. The largest absolute Gasteiger partial charge is 0.484 e. The first-order chi connectivity index (χ1) is 8.20. The predicted octanol–water partition coefficient (Wildman–Crippen LogP) is 1.51. The highest BCUT2D eigenvalue weighted by Gasteiger charge is 2.05. The van der Waals surface area contributed by atoms with Gasteiger partial charge in [-0.05, 0) is 17.7 Å². The average molecular weight is 253 g/mol. The average Bonchev–Trinajstić information content (AvgIpc) is 2.73. The third kappa shape index (κ3) is 2.75. The van der Waals surface area contributed by atoms with E-state index in [1.165, 1.54) is 6.33 Å². The zero-order valence-corrected chi connectivity index (χ0v) is 10.2. The molecule has 0 radical (unpaired) electrons. The molecular weight excluding hydrogens is 240 g/mol. The highest BCUT2D eigenvalue weighted by atomic mass is 35.5. The molecule has 2 rings (SSSR count). The number of hydrogen-bond acceptors (Lipinski definition) is 4. The van der Waals surface area contributed by atoms with Crippen molar-refractivity contribution in [3.05, 3.63) is 40.9 Å². The van der Waals surface area contributed by atoms with Crippen molar-refractivity contribution in [2.24, 2.45) is 12.8 Å². The normalized spacial score (nSPS) is 10.5. The lowest BCUT2D eigenvalue weighted by molar-refractivity contribution is 0.290. The van der Waals surface area contributed by atoms with Gasteiger partial charge in [-0.3, -0.25) is 4.68 Å². The molecule has 0 fully saturated rings. The Kier molecular flexibility index (Phi) is 3.61. The second-order valence-corrected chi connectivity index (χ2v) is 3.96. The summed E-state index contributed by atoms with van der Waals surface area (Å²) in [5, 5.41) is 4.51. The Hall–Kier alpha value is -1.59. The molecule has 5 nitrogen and oxygen atoms in total. The first-order valence-corrected chi connectivity index (χ1v) is 5.52. The molecule has 2 aromatic rings. The number of benzene rings is 1. The maximum atomic E-state index is 6.06. The highest BCUT2D eigenvalue weighted by molar-refractivity contribution is 6.32. The molecule has 0 saturated heterocycles. The second kappa shape index (κ2) is 5.16. The SMILES string of the molecule is Cn1ncnc1COc1ccc(CN)cc1Cl. The van der Waals surface area contributed by atoms with Crippen LogP contribution in [0.1, 0.15) is 11.4 Å². The first-order valence-electron chi connectivity index (χ1n) is 5.15. The van der Waals surface area contributed by atoms with Gasteiger partial charge in [-0.25, -0.2) is 4.98 Å². The minimum atomic E-state index is 0.332. The van der Waals surface area contributed by atoms with Gasteiger partial charge in [0, 0.05) is 13.6 Å². The second-order valence-electron chi connectivity index (χ2n) is 3.56. The van der Waals surface area contributed by atoms with Crippen LogP contribution in [-0.4, -0.2) is 14.8 Å². The Morgan fingerprint density at radius 1 is 1.47 bits per heavy atom. The Balaban J connectivity index is 2.07. The van der Waals surface area contributed by atoms with E-state index in [2.05, 4.69) is 10.1 Å². The molecule has 90 valence electrons. The number of halogens is 1. The van der Waals surface area contributed by atoms with Crippen LogP contribution in [0.25, 0.3) is 0 Å². The van der Waals surface area contributed by atoms with Crippen LogP contribution in [0.15, 0.2) is 24.5 Å². The molecule has 0 spiro atoms. The van der Waals surface area contributed by atoms with Gasteiger partial charge >= 0.3 is 0 Å². The number of nitrogens with zero attached hydrogens (tertiary/aromatic N) is 3. The number of ether oxygens (including phenoxy) is 1. The topological polar surface area (TPSA) is 66.0 Å². The predicted molar refractivity (Wildman–Crippen MR) is 64.7 cm³/mol. The van der Waals surface area contributed by atoms with Crippen molar-refractivity contribution in [3.8, 4) is 5.75 Å². The van der Waals surface area contributed by atoms with E-state index >= 15 is 0 Å². The van der Waals surface area contributed by atoms with Crippen LogP contribution in [0.5, 0.6) is 5.75 Å². The Labute approximate surface area is 104 Å². The lowest BCUT2D eigenvalue weighted by Crippen LogP contribution is -2.05. The Morgan fingerprint density at radius 2 is 2.29 bits per heavy atom. The molecule has 17 heavy (non-hydrogen) atoms. The zero-order chi connectivity index (χ0) is 12.3. The van der Waals surface area contributed by atoms with Gasteiger partial charge < -0.3 is 10.5 Å². The summed E-state index contributed by atoms with van der Waals surface area (Å²) in [7, 11) is 1.81. The summed E-state index contributed by atoms with van der Waals surface area (Å²) in [6, 6.07) is 5.49. The van der Waals surface area contributed by atoms with Gasteiger partial charge in [0.25, 0.3) is 0 Å². The van der Waals surface area contributed by atoms with Crippen LogP contribution in [0.2, 0.25) is 5.02 Å². The van der Waals surface area contributed by atoms with E-state index in [1.807, 2.05) is 13.1 Å². The summed E-state index contributed by atoms with van der Waals surface area (Å²) in [6.45, 7) is 0.793. The molecule has 0 aliphatic carbocycles. The molecule has 0 atom stereocenters. The fourth-order valence-corrected chi connectivity index (χ4v) is 1.64. The zero-order valence-electron chi connectivity index (χ0n) is 9.43. The van der Waals surface area contributed by atoms with E-state index in [0.717, 1.165) is 11.4 Å². The van der Waals surface area contributed by atoms with E-state index < -0.39 is 0 Å². The fraction of sp³-hybridized carbons (Fsp3) is 0.273. The lowest BCUT2D eigenvalue weighted by atomic mass is 10.2. The quantitative estimate of drug-likeness (QED) is 0.896. The highest BCUT2D eigenvalue weighted by Crippen LogP contribution is 2.25. The fourth-order valence-electron chi connectivity index (χ4n) is 1.38. The van der Waals surface area contributed by atoms with Crippen molar-refractivity contribution in [1.29, 1.82) is 0 Å². The summed E-state index contributed by atoms with van der Waals surface area (Å²) in [4.78, 5) is 4.06. The van der Waals surface area contributed by atoms with Crippen molar-refractivity contribution < 1.29 is 4.74 Å². The van der Waals surface area contributed by atoms with Gasteiger partial charge in [0.15, 0.2) is 5.82 Å². The molecule has 0 amide bonds. The summed E-state index contributed by atoms with van der Waals surface area (Å²) < 4.78 is 7.22. The molecule has 0 saturated carbocycles. The molecular formula is C11H13ClN4O. The van der Waals surface area contributed by atoms with E-state index in [0.29, 0.717) is 23.9 Å². The van der Waals surface area contributed by atoms with Crippen molar-refractivity contribution >= 4 is 11.6 Å². The molecule has 0 aliphatic rings. The van der Waals surface area contributed by atoms with Crippen molar-refractivity contribution in [1.82, 2.24) is 14.8 Å². The minimum Gasteiger partial charge on any atom is -0.484 e. The molecule has 0 bridgehead atoms. The van der Waals surface area contributed by atoms with Crippen LogP contribution < -0.4 is 10.5 Å². The number of nitrogens with two attached hydrogens (primary N) is 1. The van der Waals surface area contributed by atoms with Crippen molar-refractivity contribution in [2.45, 2.75) is 13.2 Å². The van der Waals surface area contributed by atoms with Gasteiger partial charge in [0.05, 0.1) is 5.02 Å². The minimum absolute atomic E-state index is 0.332. The standard InChI is InChI=1S/C11H13ClN4O/c1-16-11(14-7-15-16)6-17-10-3-2-8(5-13)4-9(10)12/h2-4,7H,5-6,13H2,1H3. The number of hydrogen-bond donors (Lipinski definition) is 1. The number of rotatable bonds is 4. The van der Waals surface area contributed by atoms with E-state index in [1.54, 1.807) is 16.8 Å². The van der Waals surface area contributed by atoms with E-state index in [4.69, 9.17) is 22.1 Å². The van der Waals surface area contributed by atoms with Gasteiger partial charge in [-0.1, -0.05) is 17.7 Å². The summed E-state index contributed by atoms with van der Waals surface area (Å²) >= 11 is 6.06. The monoisotopic (exact) mass is 252 g/mol. The molecule has 0 unspecified atom stereocenters. The summed E-state index contributed by atoms with van der Waals surface area (Å²) in [6.07, 6.45) is 1.48. The van der Waals surface area contributed by atoms with Gasteiger partial charge in [-0.2, -0.15) is 5.10 Å². The molecule has 1 aromatic heterocycles. The van der Waals surface area contributed by atoms with E-state index in [9.17, 15) is 0 Å². The summed E-state index contributed by atoms with van der Waals surface area (Å²) in [5.41, 5.74) is 6.49. The van der Waals surface area contributed by atoms with E-state index in [-0.39, 0.29) is 0 Å².